The minimum absolute atomic E-state index is 0.123. The van der Waals surface area contributed by atoms with Crippen LogP contribution in [-0.2, 0) is 11.8 Å². The predicted octanol–water partition coefficient (Wildman–Crippen LogP) is 0.0879. The number of piperidine rings is 1. The Balaban J connectivity index is 1.44. The molecule has 2 aliphatic rings. The molecule has 0 bridgehead atoms. The number of H-pyrrole nitrogens is 1. The largest absolute Gasteiger partial charge is 0.388 e. The quantitative estimate of drug-likeness (QED) is 0.668. The van der Waals surface area contributed by atoms with E-state index in [4.69, 9.17) is 4.74 Å². The fourth-order valence-corrected chi connectivity index (χ4v) is 4.29. The molecule has 10 heteroatoms. The van der Waals surface area contributed by atoms with Crippen LogP contribution in [0, 0.1) is 0 Å². The summed E-state index contributed by atoms with van der Waals surface area (Å²) in [7, 11) is 1.82. The van der Waals surface area contributed by atoms with E-state index >= 15 is 0 Å². The number of nitrogens with zero attached hydrogens (tertiary/aromatic N) is 4. The number of imidazole rings is 1. The molecule has 29 heavy (non-hydrogen) atoms. The normalized spacial score (nSPS) is 26.4. The maximum Gasteiger partial charge on any atom is 0.274 e. The second kappa shape index (κ2) is 7.27. The number of hydrogen-bond donors (Lipinski definition) is 3. The molecule has 0 saturated carbocycles. The fourth-order valence-electron chi connectivity index (χ4n) is 4.29. The summed E-state index contributed by atoms with van der Waals surface area (Å²) in [6, 6.07) is 0. The van der Waals surface area contributed by atoms with E-state index in [2.05, 4.69) is 20.5 Å². The van der Waals surface area contributed by atoms with Gasteiger partial charge in [-0.05, 0) is 26.2 Å². The number of carbonyl (C=O) groups excluding carboxylic acids is 2. The third-order valence-electron chi connectivity index (χ3n) is 6.09. The molecule has 156 valence electrons. The van der Waals surface area contributed by atoms with Crippen LogP contribution in [0.4, 0.5) is 0 Å². The summed E-state index contributed by atoms with van der Waals surface area (Å²) in [4.78, 5) is 31.0. The summed E-state index contributed by atoms with van der Waals surface area (Å²) in [6.07, 6.45) is 6.84. The third-order valence-corrected chi connectivity index (χ3v) is 6.09. The first-order valence-electron chi connectivity index (χ1n) is 9.74. The second-order valence-corrected chi connectivity index (χ2v) is 8.14. The number of aromatic nitrogens is 4. The number of aryl methyl sites for hydroxylation is 1. The van der Waals surface area contributed by atoms with Crippen molar-refractivity contribution in [3.63, 3.8) is 0 Å². The average Bonchev–Trinajstić information content (AvgIpc) is 3.38. The van der Waals surface area contributed by atoms with Gasteiger partial charge >= 0.3 is 0 Å². The summed E-state index contributed by atoms with van der Waals surface area (Å²) in [6.45, 7) is 3.18. The van der Waals surface area contributed by atoms with Crippen molar-refractivity contribution in [2.45, 2.75) is 43.4 Å². The van der Waals surface area contributed by atoms with Gasteiger partial charge in [0.1, 0.15) is 11.8 Å². The van der Waals surface area contributed by atoms with E-state index in [0.717, 1.165) is 0 Å². The van der Waals surface area contributed by atoms with Crippen molar-refractivity contribution >= 4 is 11.8 Å². The Morgan fingerprint density at radius 3 is 2.72 bits per heavy atom. The molecule has 2 aliphatic heterocycles. The summed E-state index contributed by atoms with van der Waals surface area (Å²) in [5, 5.41) is 20.6. The molecule has 0 unspecified atom stereocenters. The summed E-state index contributed by atoms with van der Waals surface area (Å²) in [5.74, 6) is -0.415. The Bertz CT molecular complexity index is 886. The molecular weight excluding hydrogens is 376 g/mol. The smallest absolute Gasteiger partial charge is 0.274 e. The van der Waals surface area contributed by atoms with Gasteiger partial charge in [0.2, 0.25) is 0 Å². The minimum atomic E-state index is -0.897. The van der Waals surface area contributed by atoms with Gasteiger partial charge in [0.15, 0.2) is 0 Å². The molecule has 0 aliphatic carbocycles. The van der Waals surface area contributed by atoms with Crippen molar-refractivity contribution in [1.29, 1.82) is 0 Å². The molecule has 2 aromatic rings. The number of hydrogen-bond acceptors (Lipinski definition) is 6. The third kappa shape index (κ3) is 3.53. The molecule has 0 aromatic carbocycles. The SMILES string of the molecule is Cn1cnc(C(=O)N2CCC3(CC2)OCC[C@@](C)(NC(=O)c2cn[nH]c2)[C@@H]3O)c1. The molecule has 0 radical (unpaired) electrons. The van der Waals surface area contributed by atoms with Gasteiger partial charge in [-0.3, -0.25) is 14.7 Å². The van der Waals surface area contributed by atoms with Crippen LogP contribution in [0.2, 0.25) is 0 Å². The Hall–Kier alpha value is -2.72. The summed E-state index contributed by atoms with van der Waals surface area (Å²) in [5.41, 5.74) is -0.808. The van der Waals surface area contributed by atoms with Crippen LogP contribution >= 0.6 is 0 Å². The molecule has 4 heterocycles. The van der Waals surface area contributed by atoms with E-state index in [1.54, 1.807) is 22.0 Å². The van der Waals surface area contributed by atoms with Crippen LogP contribution in [-0.4, -0.2) is 78.5 Å². The number of aliphatic hydroxyl groups is 1. The maximum absolute atomic E-state index is 12.7. The number of carbonyl (C=O) groups is 2. The number of rotatable bonds is 3. The molecule has 2 aromatic heterocycles. The average molecular weight is 402 g/mol. The number of aliphatic hydroxyl groups excluding tert-OH is 1. The van der Waals surface area contributed by atoms with Gasteiger partial charge in [0.05, 0.1) is 29.2 Å². The van der Waals surface area contributed by atoms with Crippen LogP contribution in [0.15, 0.2) is 24.9 Å². The highest BCUT2D eigenvalue weighted by Gasteiger charge is 2.54. The van der Waals surface area contributed by atoms with Gasteiger partial charge in [-0.25, -0.2) is 4.98 Å². The fraction of sp³-hybridized carbons (Fsp3) is 0.579. The number of nitrogens with one attached hydrogen (secondary N) is 2. The highest BCUT2D eigenvalue weighted by atomic mass is 16.5. The zero-order valence-corrected chi connectivity index (χ0v) is 16.6. The van der Waals surface area contributed by atoms with Crippen molar-refractivity contribution in [2.75, 3.05) is 19.7 Å². The molecule has 10 nitrogen and oxygen atoms in total. The minimum Gasteiger partial charge on any atom is -0.388 e. The predicted molar refractivity (Wildman–Crippen MR) is 102 cm³/mol. The van der Waals surface area contributed by atoms with Crippen LogP contribution in [0.25, 0.3) is 0 Å². The zero-order valence-electron chi connectivity index (χ0n) is 16.6. The van der Waals surface area contributed by atoms with Crippen LogP contribution in [0.3, 0.4) is 0 Å². The van der Waals surface area contributed by atoms with Gasteiger partial charge in [0, 0.05) is 39.1 Å². The van der Waals surface area contributed by atoms with E-state index in [9.17, 15) is 14.7 Å². The maximum atomic E-state index is 12.7. The second-order valence-electron chi connectivity index (χ2n) is 8.14. The first kappa shape index (κ1) is 19.6. The highest BCUT2D eigenvalue weighted by Crippen LogP contribution is 2.40. The standard InChI is InChI=1S/C19H26N6O4/c1-18(23-15(26)13-9-21-22-10-13)5-8-29-19(17(18)28)3-6-25(7-4-19)16(27)14-11-24(2)12-20-14/h9-12,17,28H,3-8H2,1-2H3,(H,21,22)(H,23,26)/t17-,18+/m0/s1. The van der Waals surface area contributed by atoms with Gasteiger partial charge < -0.3 is 24.6 Å². The van der Waals surface area contributed by atoms with Crippen LogP contribution < -0.4 is 5.32 Å². The lowest BCUT2D eigenvalue weighted by Crippen LogP contribution is -2.69. The summed E-state index contributed by atoms with van der Waals surface area (Å²) < 4.78 is 7.78. The molecule has 3 N–H and O–H groups in total. The Morgan fingerprint density at radius 1 is 1.34 bits per heavy atom. The molecule has 4 rings (SSSR count). The Morgan fingerprint density at radius 2 is 2.10 bits per heavy atom. The van der Waals surface area contributed by atoms with Crippen molar-refractivity contribution < 1.29 is 19.4 Å². The van der Waals surface area contributed by atoms with Crippen LogP contribution in [0.1, 0.15) is 47.0 Å². The van der Waals surface area contributed by atoms with E-state index in [0.29, 0.717) is 50.2 Å². The Labute approximate surface area is 168 Å². The summed E-state index contributed by atoms with van der Waals surface area (Å²) >= 11 is 0. The first-order chi connectivity index (χ1) is 13.8. The van der Waals surface area contributed by atoms with E-state index < -0.39 is 17.2 Å². The van der Waals surface area contributed by atoms with E-state index in [1.807, 2.05) is 14.0 Å². The monoisotopic (exact) mass is 402 g/mol. The Kier molecular flexibility index (Phi) is 4.91. The number of likely N-dealkylation sites (tertiary alicyclic amines) is 1. The lowest BCUT2D eigenvalue weighted by molar-refractivity contribution is -0.203. The van der Waals surface area contributed by atoms with Crippen molar-refractivity contribution in [3.05, 3.63) is 36.2 Å². The lowest BCUT2D eigenvalue weighted by atomic mass is 9.73. The number of aromatic amines is 1. The van der Waals surface area contributed by atoms with Crippen LogP contribution in [0.5, 0.6) is 0 Å². The van der Waals surface area contributed by atoms with E-state index in [1.165, 1.54) is 12.4 Å². The lowest BCUT2D eigenvalue weighted by Gasteiger charge is -2.53. The van der Waals surface area contributed by atoms with E-state index in [-0.39, 0.29) is 11.8 Å². The number of amides is 2. The van der Waals surface area contributed by atoms with Crippen molar-refractivity contribution in [3.8, 4) is 0 Å². The molecule has 2 amide bonds. The first-order valence-corrected chi connectivity index (χ1v) is 9.74. The molecule has 1 spiro atoms. The molecule has 2 saturated heterocycles. The van der Waals surface area contributed by atoms with Gasteiger partial charge in [-0.2, -0.15) is 5.10 Å². The zero-order chi connectivity index (χ0) is 20.6. The molecule has 2 atom stereocenters. The molecular formula is C19H26N6O4. The highest BCUT2D eigenvalue weighted by molar-refractivity contribution is 5.94. The topological polar surface area (TPSA) is 125 Å². The van der Waals surface area contributed by atoms with Gasteiger partial charge in [-0.1, -0.05) is 0 Å². The number of ether oxygens (including phenoxy) is 1. The van der Waals surface area contributed by atoms with Gasteiger partial charge in [-0.15, -0.1) is 0 Å². The van der Waals surface area contributed by atoms with Crippen molar-refractivity contribution in [2.24, 2.45) is 7.05 Å². The van der Waals surface area contributed by atoms with Crippen molar-refractivity contribution in [1.82, 2.24) is 30.0 Å². The van der Waals surface area contributed by atoms with Gasteiger partial charge in [0.25, 0.3) is 11.8 Å². The molecule has 2 fully saturated rings.